The van der Waals surface area contributed by atoms with Crippen LogP contribution in [0.5, 0.6) is 0 Å². The first-order valence-corrected chi connectivity index (χ1v) is 13.0. The Morgan fingerprint density at radius 2 is 1.72 bits per heavy atom. The van der Waals surface area contributed by atoms with Gasteiger partial charge in [0.05, 0.1) is 22.9 Å². The maximum absolute atomic E-state index is 14.7. The van der Waals surface area contributed by atoms with E-state index in [1.54, 1.807) is 0 Å². The maximum Gasteiger partial charge on any atom is 0.412 e. The van der Waals surface area contributed by atoms with Crippen LogP contribution in [0, 0.1) is 17.7 Å². The van der Waals surface area contributed by atoms with E-state index in [1.165, 1.54) is 19.1 Å². The van der Waals surface area contributed by atoms with Crippen molar-refractivity contribution in [2.45, 2.75) is 62.8 Å². The van der Waals surface area contributed by atoms with Crippen molar-refractivity contribution in [1.29, 1.82) is 0 Å². The molecule has 2 aromatic rings. The molecule has 3 fully saturated rings. The highest BCUT2D eigenvalue weighted by Crippen LogP contribution is 2.55. The highest BCUT2D eigenvalue weighted by atomic mass is 19.4. The molecule has 6 nitrogen and oxygen atoms in total. The lowest BCUT2D eigenvalue weighted by molar-refractivity contribution is -0.180. The van der Waals surface area contributed by atoms with Gasteiger partial charge in [0, 0.05) is 37.0 Å². The van der Waals surface area contributed by atoms with Crippen LogP contribution in [0.15, 0.2) is 35.3 Å². The van der Waals surface area contributed by atoms with Crippen molar-refractivity contribution < 1.29 is 31.1 Å². The molecule has 1 aliphatic heterocycles. The molecule has 2 bridgehead atoms. The molecular formula is C27H30F6N4O2. The summed E-state index contributed by atoms with van der Waals surface area (Å²) in [6, 6.07) is 3.32. The van der Waals surface area contributed by atoms with Crippen LogP contribution >= 0.6 is 0 Å². The molecule has 2 saturated carbocycles. The number of halogens is 6. The van der Waals surface area contributed by atoms with E-state index in [2.05, 4.69) is 15.5 Å². The lowest BCUT2D eigenvalue weighted by Gasteiger charge is -2.37. The summed E-state index contributed by atoms with van der Waals surface area (Å²) >= 11 is 0. The Bertz CT molecular complexity index is 1310. The molecule has 2 N–H and O–H groups in total. The normalized spacial score (nSPS) is 25.0. The van der Waals surface area contributed by atoms with Gasteiger partial charge in [0.15, 0.2) is 0 Å². The van der Waals surface area contributed by atoms with Crippen LogP contribution in [0.2, 0.25) is 0 Å². The fourth-order valence-corrected chi connectivity index (χ4v) is 6.24. The molecule has 4 atom stereocenters. The average molecular weight is 557 g/mol. The largest absolute Gasteiger partial charge is 0.412 e. The summed E-state index contributed by atoms with van der Waals surface area (Å²) < 4.78 is 83.4. The summed E-state index contributed by atoms with van der Waals surface area (Å²) in [5.74, 6) is -1.54. The third kappa shape index (κ3) is 4.92. The molecule has 3 aliphatic rings. The van der Waals surface area contributed by atoms with E-state index in [1.807, 2.05) is 7.05 Å². The van der Waals surface area contributed by atoms with Gasteiger partial charge in [-0.1, -0.05) is 18.2 Å². The molecule has 2 aliphatic carbocycles. The number of hydrogen-bond donors (Lipinski definition) is 2. The number of nitrogens with one attached hydrogen (secondary N) is 2. The Morgan fingerprint density at radius 3 is 2.28 bits per heavy atom. The summed E-state index contributed by atoms with van der Waals surface area (Å²) in [5.41, 5.74) is -4.36. The van der Waals surface area contributed by atoms with Gasteiger partial charge in [-0.15, -0.1) is 0 Å². The Morgan fingerprint density at radius 1 is 1.10 bits per heavy atom. The van der Waals surface area contributed by atoms with Crippen LogP contribution in [-0.4, -0.2) is 47.7 Å². The zero-order valence-corrected chi connectivity index (χ0v) is 21.5. The van der Waals surface area contributed by atoms with Crippen molar-refractivity contribution in [3.8, 4) is 0 Å². The molecule has 5 rings (SSSR count). The SMILES string of the molecule is C[C@@H](NC(=O)c1cn(C2(C(F)(F)F)CC2)c(=O)cc1N[C@@H]1[C@@H]2CC[C@H]1CN(C)C2)c1cccc(C(F)F)c1F. The number of likely N-dealkylation sites (tertiary alicyclic amines) is 1. The van der Waals surface area contributed by atoms with Crippen LogP contribution in [0.3, 0.4) is 0 Å². The van der Waals surface area contributed by atoms with Crippen molar-refractivity contribution in [2.24, 2.45) is 11.8 Å². The van der Waals surface area contributed by atoms with Crippen LogP contribution in [0.25, 0.3) is 0 Å². The number of alkyl halides is 5. The first-order chi connectivity index (χ1) is 18.3. The average Bonchev–Trinajstić information content (AvgIpc) is 3.62. The zero-order valence-electron chi connectivity index (χ0n) is 21.5. The van der Waals surface area contributed by atoms with Crippen molar-refractivity contribution in [2.75, 3.05) is 25.5 Å². The van der Waals surface area contributed by atoms with E-state index in [0.29, 0.717) is 4.57 Å². The minimum absolute atomic E-state index is 0.0712. The predicted octanol–water partition coefficient (Wildman–Crippen LogP) is 5.22. The van der Waals surface area contributed by atoms with Crippen LogP contribution in [0.1, 0.15) is 66.6 Å². The van der Waals surface area contributed by atoms with Gasteiger partial charge in [0.25, 0.3) is 17.9 Å². The number of carbonyl (C=O) groups is 1. The molecule has 0 unspecified atom stereocenters. The van der Waals surface area contributed by atoms with Crippen molar-refractivity contribution in [1.82, 2.24) is 14.8 Å². The van der Waals surface area contributed by atoms with Gasteiger partial charge in [0.1, 0.15) is 11.4 Å². The summed E-state index contributed by atoms with van der Waals surface area (Å²) in [4.78, 5) is 28.7. The van der Waals surface area contributed by atoms with Gasteiger partial charge in [-0.2, -0.15) is 13.2 Å². The molecule has 1 amide bonds. The fraction of sp³-hybridized carbons (Fsp3) is 0.556. The van der Waals surface area contributed by atoms with Gasteiger partial charge >= 0.3 is 6.18 Å². The second-order valence-electron chi connectivity index (χ2n) is 11.1. The topological polar surface area (TPSA) is 66.4 Å². The minimum atomic E-state index is -4.70. The lowest BCUT2D eigenvalue weighted by Crippen LogP contribution is -2.47. The van der Waals surface area contributed by atoms with Crippen molar-refractivity contribution in [3.05, 3.63) is 63.3 Å². The van der Waals surface area contributed by atoms with E-state index in [9.17, 15) is 35.9 Å². The number of pyridine rings is 1. The smallest absolute Gasteiger partial charge is 0.381 e. The lowest BCUT2D eigenvalue weighted by atomic mass is 9.92. The van der Waals surface area contributed by atoms with E-state index in [0.717, 1.165) is 44.3 Å². The Hall–Kier alpha value is -3.02. The number of nitrogens with zero attached hydrogens (tertiary/aromatic N) is 2. The number of piperidine rings is 1. The molecule has 212 valence electrons. The second kappa shape index (κ2) is 9.87. The van der Waals surface area contributed by atoms with E-state index in [4.69, 9.17) is 0 Å². The number of carbonyl (C=O) groups excluding carboxylic acids is 1. The maximum atomic E-state index is 14.7. The summed E-state index contributed by atoms with van der Waals surface area (Å²) in [6.07, 6.45) is -5.52. The summed E-state index contributed by atoms with van der Waals surface area (Å²) in [5, 5.41) is 5.82. The molecule has 1 saturated heterocycles. The standard InChI is InChI=1S/C27H30F6N4O2/c1-14(17-4-3-5-18(22(17)28)24(29)30)34-25(39)19-13-37(26(8-9-26)27(31,32)33)21(38)10-20(19)35-23-15-6-7-16(23)12-36(2)11-15/h3-5,10,13-16,23-24,35H,6-9,11-12H2,1-2H3,(H,34,39)/t14-,15-,16+,23-/m1/s1. The first-order valence-electron chi connectivity index (χ1n) is 13.0. The third-order valence-corrected chi connectivity index (χ3v) is 8.46. The van der Waals surface area contributed by atoms with Crippen LogP contribution in [-0.2, 0) is 5.54 Å². The summed E-state index contributed by atoms with van der Waals surface area (Å²) in [7, 11) is 2.01. The molecule has 0 radical (unpaired) electrons. The first kappa shape index (κ1) is 27.5. The van der Waals surface area contributed by atoms with Crippen LogP contribution < -0.4 is 16.2 Å². The number of amides is 1. The number of anilines is 1. The quantitative estimate of drug-likeness (QED) is 0.459. The monoisotopic (exact) mass is 556 g/mol. The van der Waals surface area contributed by atoms with Crippen molar-refractivity contribution in [3.63, 3.8) is 0 Å². The second-order valence-corrected chi connectivity index (χ2v) is 11.1. The van der Waals surface area contributed by atoms with Crippen molar-refractivity contribution >= 4 is 11.6 Å². The van der Waals surface area contributed by atoms with E-state index in [-0.39, 0.29) is 47.5 Å². The Kier molecular flexibility index (Phi) is 6.97. The third-order valence-electron chi connectivity index (χ3n) is 8.46. The van der Waals surface area contributed by atoms with Gasteiger partial charge in [-0.3, -0.25) is 14.2 Å². The highest BCUT2D eigenvalue weighted by molar-refractivity contribution is 5.99. The molecule has 2 heterocycles. The highest BCUT2D eigenvalue weighted by Gasteiger charge is 2.65. The molecule has 0 spiro atoms. The molecule has 39 heavy (non-hydrogen) atoms. The summed E-state index contributed by atoms with van der Waals surface area (Å²) in [6.45, 7) is 3.01. The Labute approximate surface area is 221 Å². The predicted molar refractivity (Wildman–Crippen MR) is 132 cm³/mol. The van der Waals surface area contributed by atoms with Crippen LogP contribution in [0.4, 0.5) is 32.0 Å². The van der Waals surface area contributed by atoms with Gasteiger partial charge in [-0.25, -0.2) is 13.2 Å². The van der Waals surface area contributed by atoms with E-state index >= 15 is 0 Å². The number of fused-ring (bicyclic) bond motifs is 2. The number of rotatable bonds is 7. The van der Waals surface area contributed by atoms with Gasteiger partial charge in [-0.05, 0) is 51.5 Å². The molecule has 1 aromatic heterocycles. The number of aromatic nitrogens is 1. The van der Waals surface area contributed by atoms with E-state index < -0.39 is 47.0 Å². The fourth-order valence-electron chi connectivity index (χ4n) is 6.24. The zero-order chi connectivity index (χ0) is 28.3. The molecular weight excluding hydrogens is 526 g/mol. The minimum Gasteiger partial charge on any atom is -0.381 e. The van der Waals surface area contributed by atoms with Gasteiger partial charge < -0.3 is 15.5 Å². The Balaban J connectivity index is 1.50. The number of hydrogen-bond acceptors (Lipinski definition) is 4. The molecule has 12 heteroatoms. The van der Waals surface area contributed by atoms with Gasteiger partial charge in [0.2, 0.25) is 0 Å². The number of benzene rings is 1. The molecule has 1 aromatic carbocycles.